The molecule has 2 heterocycles. The zero-order valence-corrected chi connectivity index (χ0v) is 16.7. The lowest BCUT2D eigenvalue weighted by Gasteiger charge is -2.15. The number of aromatic nitrogens is 3. The molecule has 5 nitrogen and oxygen atoms in total. The number of hydrogen-bond donors (Lipinski definition) is 1. The minimum absolute atomic E-state index is 0.320. The quantitative estimate of drug-likeness (QED) is 0.515. The number of anilines is 3. The van der Waals surface area contributed by atoms with Crippen LogP contribution in [0.15, 0.2) is 66.9 Å². The van der Waals surface area contributed by atoms with Gasteiger partial charge >= 0.3 is 0 Å². The van der Waals surface area contributed by atoms with E-state index in [1.165, 1.54) is 5.69 Å². The van der Waals surface area contributed by atoms with Crippen molar-refractivity contribution in [2.75, 3.05) is 24.3 Å². The van der Waals surface area contributed by atoms with Crippen molar-refractivity contribution < 1.29 is 0 Å². The highest BCUT2D eigenvalue weighted by atomic mass is 15.3. The maximum absolute atomic E-state index is 4.90. The fraction of sp³-hybridized carbons (Fsp3) is 0.217. The molecular weight excluding hydrogens is 346 g/mol. The predicted molar refractivity (Wildman–Crippen MR) is 117 cm³/mol. The molecule has 0 atom stereocenters. The Balaban J connectivity index is 1.80. The second-order valence-corrected chi connectivity index (χ2v) is 7.45. The zero-order valence-electron chi connectivity index (χ0n) is 16.7. The molecule has 0 aliphatic carbocycles. The maximum Gasteiger partial charge on any atom is 0.165 e. The van der Waals surface area contributed by atoms with E-state index in [-0.39, 0.29) is 0 Å². The number of fused-ring (bicyclic) bond motifs is 1. The second-order valence-electron chi connectivity index (χ2n) is 7.45. The summed E-state index contributed by atoms with van der Waals surface area (Å²) >= 11 is 0. The van der Waals surface area contributed by atoms with Gasteiger partial charge in [0.15, 0.2) is 5.65 Å². The van der Waals surface area contributed by atoms with Crippen molar-refractivity contribution >= 4 is 22.8 Å². The van der Waals surface area contributed by atoms with E-state index in [0.717, 1.165) is 34.0 Å². The minimum atomic E-state index is 0.320. The Kier molecular flexibility index (Phi) is 4.74. The van der Waals surface area contributed by atoms with Crippen LogP contribution < -0.4 is 10.2 Å². The van der Waals surface area contributed by atoms with E-state index in [9.17, 15) is 0 Å². The van der Waals surface area contributed by atoms with E-state index >= 15 is 0 Å². The van der Waals surface area contributed by atoms with Gasteiger partial charge in [-0.1, -0.05) is 44.2 Å². The van der Waals surface area contributed by atoms with Crippen molar-refractivity contribution in [1.29, 1.82) is 0 Å². The summed E-state index contributed by atoms with van der Waals surface area (Å²) in [5.74, 6) is 1.23. The lowest BCUT2D eigenvalue weighted by atomic mass is 10.1. The Labute approximate surface area is 165 Å². The van der Waals surface area contributed by atoms with Crippen molar-refractivity contribution in [3.63, 3.8) is 0 Å². The van der Waals surface area contributed by atoms with Crippen LogP contribution in [0.5, 0.6) is 0 Å². The van der Waals surface area contributed by atoms with E-state index in [1.807, 2.05) is 43.0 Å². The molecule has 28 heavy (non-hydrogen) atoms. The molecule has 4 rings (SSSR count). The van der Waals surface area contributed by atoms with Crippen LogP contribution in [0, 0.1) is 0 Å². The lowest BCUT2D eigenvalue weighted by Crippen LogP contribution is -2.08. The van der Waals surface area contributed by atoms with Gasteiger partial charge in [0.1, 0.15) is 5.82 Å². The molecular formula is C23H25N5. The SMILES string of the molecule is CC(C)c1cc(Nc2ccc(N(C)C)cc2)n2ncc(-c3ccccc3)c2n1. The summed E-state index contributed by atoms with van der Waals surface area (Å²) in [4.78, 5) is 6.99. The van der Waals surface area contributed by atoms with Crippen molar-refractivity contribution in [3.05, 3.63) is 72.6 Å². The molecule has 0 spiro atoms. The summed E-state index contributed by atoms with van der Waals surface area (Å²) in [6, 6.07) is 20.7. The van der Waals surface area contributed by atoms with E-state index in [4.69, 9.17) is 4.98 Å². The second kappa shape index (κ2) is 7.35. The largest absolute Gasteiger partial charge is 0.378 e. The molecule has 1 N–H and O–H groups in total. The molecule has 2 aromatic heterocycles. The van der Waals surface area contributed by atoms with E-state index in [1.54, 1.807) is 0 Å². The third kappa shape index (κ3) is 3.43. The number of nitrogens with one attached hydrogen (secondary N) is 1. The average Bonchev–Trinajstić information content (AvgIpc) is 3.13. The van der Waals surface area contributed by atoms with Crippen molar-refractivity contribution in [1.82, 2.24) is 14.6 Å². The van der Waals surface area contributed by atoms with Gasteiger partial charge in [-0.15, -0.1) is 0 Å². The van der Waals surface area contributed by atoms with Crippen LogP contribution in [0.2, 0.25) is 0 Å². The van der Waals surface area contributed by atoms with Crippen molar-refractivity contribution in [2.24, 2.45) is 0 Å². The maximum atomic E-state index is 4.90. The molecule has 142 valence electrons. The van der Waals surface area contributed by atoms with Gasteiger partial charge in [0.05, 0.1) is 6.20 Å². The Hall–Kier alpha value is -3.34. The first-order valence-electron chi connectivity index (χ1n) is 9.51. The Morgan fingerprint density at radius 3 is 2.32 bits per heavy atom. The first-order valence-corrected chi connectivity index (χ1v) is 9.51. The normalized spacial score (nSPS) is 11.2. The molecule has 0 aliphatic heterocycles. The van der Waals surface area contributed by atoms with E-state index in [0.29, 0.717) is 5.92 Å². The smallest absolute Gasteiger partial charge is 0.165 e. The monoisotopic (exact) mass is 371 g/mol. The molecule has 0 unspecified atom stereocenters. The van der Waals surface area contributed by atoms with Crippen LogP contribution in [-0.2, 0) is 0 Å². The highest BCUT2D eigenvalue weighted by Gasteiger charge is 2.14. The van der Waals surface area contributed by atoms with Gasteiger partial charge in [0.2, 0.25) is 0 Å². The Bertz CT molecular complexity index is 1080. The fourth-order valence-electron chi connectivity index (χ4n) is 3.18. The van der Waals surface area contributed by atoms with Gasteiger partial charge in [-0.05, 0) is 35.7 Å². The summed E-state index contributed by atoms with van der Waals surface area (Å²) in [5, 5.41) is 8.14. The molecule has 0 amide bonds. The number of rotatable bonds is 5. The molecule has 0 saturated heterocycles. The van der Waals surface area contributed by atoms with Gasteiger partial charge in [-0.3, -0.25) is 0 Å². The molecule has 0 aliphatic rings. The van der Waals surface area contributed by atoms with Crippen LogP contribution >= 0.6 is 0 Å². The zero-order chi connectivity index (χ0) is 19.7. The number of hydrogen-bond acceptors (Lipinski definition) is 4. The van der Waals surface area contributed by atoms with Gasteiger partial charge in [-0.2, -0.15) is 9.61 Å². The molecule has 4 aromatic rings. The highest BCUT2D eigenvalue weighted by Crippen LogP contribution is 2.29. The number of benzene rings is 2. The Morgan fingerprint density at radius 2 is 1.68 bits per heavy atom. The molecule has 2 aromatic carbocycles. The fourth-order valence-corrected chi connectivity index (χ4v) is 3.18. The lowest BCUT2D eigenvalue weighted by molar-refractivity contribution is 0.811. The summed E-state index contributed by atoms with van der Waals surface area (Å²) in [6.07, 6.45) is 1.89. The molecule has 0 saturated carbocycles. The Morgan fingerprint density at radius 1 is 0.964 bits per heavy atom. The summed E-state index contributed by atoms with van der Waals surface area (Å²) in [7, 11) is 4.08. The van der Waals surface area contributed by atoms with E-state index in [2.05, 4.69) is 71.6 Å². The number of nitrogens with zero attached hydrogens (tertiary/aromatic N) is 4. The molecule has 0 radical (unpaired) electrons. The van der Waals surface area contributed by atoms with Gasteiger partial charge in [0.25, 0.3) is 0 Å². The summed E-state index contributed by atoms with van der Waals surface area (Å²) < 4.78 is 1.88. The third-order valence-corrected chi connectivity index (χ3v) is 4.82. The van der Waals surface area contributed by atoms with E-state index < -0.39 is 0 Å². The predicted octanol–water partition coefficient (Wildman–Crippen LogP) is 5.33. The highest BCUT2D eigenvalue weighted by molar-refractivity contribution is 5.78. The first kappa shape index (κ1) is 18.0. The van der Waals surface area contributed by atoms with Gasteiger partial charge in [-0.25, -0.2) is 4.98 Å². The average molecular weight is 371 g/mol. The van der Waals surface area contributed by atoms with Crippen LogP contribution in [-0.4, -0.2) is 28.7 Å². The van der Waals surface area contributed by atoms with Gasteiger partial charge < -0.3 is 10.2 Å². The third-order valence-electron chi connectivity index (χ3n) is 4.82. The van der Waals surface area contributed by atoms with Crippen molar-refractivity contribution in [2.45, 2.75) is 19.8 Å². The molecule has 0 fully saturated rings. The van der Waals surface area contributed by atoms with Crippen LogP contribution in [0.25, 0.3) is 16.8 Å². The topological polar surface area (TPSA) is 45.5 Å². The summed E-state index contributed by atoms with van der Waals surface area (Å²) in [5.41, 5.74) is 6.24. The van der Waals surface area contributed by atoms with Crippen molar-refractivity contribution in [3.8, 4) is 11.1 Å². The van der Waals surface area contributed by atoms with Crippen LogP contribution in [0.4, 0.5) is 17.2 Å². The van der Waals surface area contributed by atoms with Crippen LogP contribution in [0.1, 0.15) is 25.5 Å². The minimum Gasteiger partial charge on any atom is -0.378 e. The van der Waals surface area contributed by atoms with Crippen LogP contribution in [0.3, 0.4) is 0 Å². The first-order chi connectivity index (χ1) is 13.5. The molecule has 5 heteroatoms. The van der Waals surface area contributed by atoms with Gasteiger partial charge in [0, 0.05) is 42.8 Å². The molecule has 0 bridgehead atoms. The summed E-state index contributed by atoms with van der Waals surface area (Å²) in [6.45, 7) is 4.32. The standard InChI is InChI=1S/C23H25N5/c1-16(2)21-14-22(25-18-10-12-19(13-11-18)27(3)4)28-23(26-21)20(15-24-28)17-8-6-5-7-9-17/h5-16,25H,1-4H3.